The van der Waals surface area contributed by atoms with Crippen molar-refractivity contribution in [3.8, 4) is 0 Å². The number of nitrogens with two attached hydrogens (primary N) is 1. The van der Waals surface area contributed by atoms with Crippen molar-refractivity contribution >= 4 is 40.3 Å². The Bertz CT molecular complexity index is 653. The molecule has 0 aliphatic heterocycles. The van der Waals surface area contributed by atoms with Gasteiger partial charge in [0.05, 0.1) is 10.4 Å². The largest absolute Gasteiger partial charge is 0.378 e. The predicted octanol–water partition coefficient (Wildman–Crippen LogP) is 4.38. The number of carbonyl (C=O) groups is 1. The van der Waals surface area contributed by atoms with Crippen molar-refractivity contribution in [2.45, 2.75) is 25.3 Å². The molecule has 4 N–H and O–H groups in total. The van der Waals surface area contributed by atoms with Crippen LogP contribution in [0, 0.1) is 0 Å². The van der Waals surface area contributed by atoms with E-state index in [9.17, 15) is 4.79 Å². The summed E-state index contributed by atoms with van der Waals surface area (Å²) in [5, 5.41) is 6.08. The number of carbonyl (C=O) groups excluding carboxylic acids is 1. The quantitative estimate of drug-likeness (QED) is 0.785. The van der Waals surface area contributed by atoms with Gasteiger partial charge in [-0.3, -0.25) is 0 Å². The van der Waals surface area contributed by atoms with Gasteiger partial charge in [0, 0.05) is 16.3 Å². The number of primary amides is 1. The maximum absolute atomic E-state index is 10.8. The molecule has 0 fully saturated rings. The Morgan fingerprint density at radius 1 is 1.29 bits per heavy atom. The second-order valence-electron chi connectivity index (χ2n) is 5.08. The number of fused-ring (bicyclic) bond motifs is 1. The summed E-state index contributed by atoms with van der Waals surface area (Å²) < 4.78 is 0.856. The Balaban J connectivity index is 1.74. The average Bonchev–Trinajstić information content (AvgIpc) is 2.82. The van der Waals surface area contributed by atoms with Crippen LogP contribution >= 0.6 is 22.9 Å². The van der Waals surface area contributed by atoms with Gasteiger partial charge in [0.15, 0.2) is 0 Å². The van der Waals surface area contributed by atoms with Gasteiger partial charge in [-0.25, -0.2) is 4.79 Å². The van der Waals surface area contributed by atoms with Gasteiger partial charge in [-0.15, -0.1) is 11.3 Å². The minimum Gasteiger partial charge on any atom is -0.378 e. The van der Waals surface area contributed by atoms with Gasteiger partial charge in [-0.1, -0.05) is 11.6 Å². The van der Waals surface area contributed by atoms with Gasteiger partial charge in [-0.05, 0) is 55.2 Å². The molecule has 1 aromatic heterocycles. The van der Waals surface area contributed by atoms with Crippen molar-refractivity contribution in [1.29, 1.82) is 0 Å². The Hall–Kier alpha value is -1.72. The van der Waals surface area contributed by atoms with Crippen LogP contribution in [-0.4, -0.2) is 6.03 Å². The predicted molar refractivity (Wildman–Crippen MR) is 88.3 cm³/mol. The Morgan fingerprint density at radius 3 is 2.71 bits per heavy atom. The number of rotatable bonds is 3. The molecule has 1 atom stereocenters. The highest BCUT2D eigenvalue weighted by atomic mass is 35.5. The fourth-order valence-electron chi connectivity index (χ4n) is 2.66. The summed E-state index contributed by atoms with van der Waals surface area (Å²) in [6.45, 7) is 0. The lowest BCUT2D eigenvalue weighted by Gasteiger charge is -2.24. The lowest BCUT2D eigenvalue weighted by molar-refractivity contribution is 0.259. The van der Waals surface area contributed by atoms with Crippen molar-refractivity contribution < 1.29 is 4.79 Å². The van der Waals surface area contributed by atoms with Crippen LogP contribution in [0.2, 0.25) is 4.34 Å². The zero-order valence-corrected chi connectivity index (χ0v) is 12.9. The highest BCUT2D eigenvalue weighted by molar-refractivity contribution is 7.16. The molecule has 0 spiro atoms. The molecular weight excluding hydrogens is 306 g/mol. The van der Waals surface area contributed by atoms with E-state index < -0.39 is 6.03 Å². The van der Waals surface area contributed by atoms with Crippen LogP contribution < -0.4 is 16.4 Å². The van der Waals surface area contributed by atoms with Crippen LogP contribution in [0.4, 0.5) is 16.2 Å². The highest BCUT2D eigenvalue weighted by Crippen LogP contribution is 2.39. The smallest absolute Gasteiger partial charge is 0.316 e. The first-order chi connectivity index (χ1) is 10.1. The van der Waals surface area contributed by atoms with Gasteiger partial charge < -0.3 is 16.4 Å². The Labute approximate surface area is 132 Å². The molecule has 1 heterocycles. The van der Waals surface area contributed by atoms with E-state index in [1.807, 2.05) is 24.3 Å². The zero-order valence-electron chi connectivity index (χ0n) is 11.4. The molecule has 21 heavy (non-hydrogen) atoms. The first kappa shape index (κ1) is 14.2. The third-order valence-electron chi connectivity index (χ3n) is 3.58. The number of urea groups is 1. The minimum absolute atomic E-state index is 0.299. The lowest BCUT2D eigenvalue weighted by Crippen LogP contribution is -2.19. The number of aryl methyl sites for hydroxylation is 1. The van der Waals surface area contributed by atoms with Gasteiger partial charge in [0.1, 0.15) is 0 Å². The van der Waals surface area contributed by atoms with E-state index in [4.69, 9.17) is 17.3 Å². The SMILES string of the molecule is NC(=O)Nc1ccc(NC2CCCc3sc(Cl)cc32)cc1. The molecule has 1 unspecified atom stereocenters. The summed E-state index contributed by atoms with van der Waals surface area (Å²) in [5.41, 5.74) is 8.12. The number of thiophene rings is 1. The van der Waals surface area contributed by atoms with Crippen LogP contribution in [0.3, 0.4) is 0 Å². The molecule has 0 saturated carbocycles. The third-order valence-corrected chi connectivity index (χ3v) is 4.92. The molecule has 0 radical (unpaired) electrons. The number of anilines is 2. The lowest BCUT2D eigenvalue weighted by atomic mass is 9.94. The second-order valence-corrected chi connectivity index (χ2v) is 6.85. The zero-order chi connectivity index (χ0) is 14.8. The molecule has 0 saturated heterocycles. The van der Waals surface area contributed by atoms with Crippen molar-refractivity contribution in [3.05, 3.63) is 45.1 Å². The maximum Gasteiger partial charge on any atom is 0.316 e. The molecule has 2 amide bonds. The topological polar surface area (TPSA) is 67.2 Å². The average molecular weight is 322 g/mol. The van der Waals surface area contributed by atoms with Crippen LogP contribution in [-0.2, 0) is 6.42 Å². The fraction of sp³-hybridized carbons (Fsp3) is 0.267. The summed E-state index contributed by atoms with van der Waals surface area (Å²) >= 11 is 7.80. The number of benzene rings is 1. The molecule has 3 rings (SSSR count). The number of halogens is 1. The summed E-state index contributed by atoms with van der Waals surface area (Å²) in [6.07, 6.45) is 3.39. The van der Waals surface area contributed by atoms with Gasteiger partial charge in [0.2, 0.25) is 0 Å². The van der Waals surface area contributed by atoms with Crippen LogP contribution in [0.1, 0.15) is 29.3 Å². The number of hydrogen-bond acceptors (Lipinski definition) is 3. The van der Waals surface area contributed by atoms with E-state index >= 15 is 0 Å². The molecule has 1 aliphatic rings. The van der Waals surface area contributed by atoms with Crippen LogP contribution in [0.5, 0.6) is 0 Å². The van der Waals surface area contributed by atoms with E-state index in [0.717, 1.165) is 22.9 Å². The number of nitrogens with one attached hydrogen (secondary N) is 2. The molecule has 6 heteroatoms. The molecule has 2 aromatic rings. The van der Waals surface area contributed by atoms with E-state index in [-0.39, 0.29) is 0 Å². The van der Waals surface area contributed by atoms with Crippen molar-refractivity contribution in [3.63, 3.8) is 0 Å². The Morgan fingerprint density at radius 2 is 2.00 bits per heavy atom. The first-order valence-corrected chi connectivity index (χ1v) is 8.02. The fourth-order valence-corrected chi connectivity index (χ4v) is 4.05. The molecule has 0 bridgehead atoms. The molecule has 1 aliphatic carbocycles. The molecule has 110 valence electrons. The van der Waals surface area contributed by atoms with Crippen LogP contribution in [0.15, 0.2) is 30.3 Å². The van der Waals surface area contributed by atoms with Crippen molar-refractivity contribution in [1.82, 2.24) is 0 Å². The minimum atomic E-state index is -0.555. The summed E-state index contributed by atoms with van der Waals surface area (Å²) in [7, 11) is 0. The number of hydrogen-bond donors (Lipinski definition) is 3. The van der Waals surface area contributed by atoms with Gasteiger partial charge in [-0.2, -0.15) is 0 Å². The second kappa shape index (κ2) is 5.95. The highest BCUT2D eigenvalue weighted by Gasteiger charge is 2.22. The molecule has 1 aromatic carbocycles. The summed E-state index contributed by atoms with van der Waals surface area (Å²) in [5.74, 6) is 0. The Kier molecular flexibility index (Phi) is 4.03. The standard InChI is InChI=1S/C15H16ClN3OS/c16-14-8-11-12(2-1-3-13(11)21-14)18-9-4-6-10(7-5-9)19-15(17)20/h4-8,12,18H,1-3H2,(H3,17,19,20). The first-order valence-electron chi connectivity index (χ1n) is 6.83. The van der Waals surface area contributed by atoms with E-state index in [1.54, 1.807) is 11.3 Å². The normalized spacial score (nSPS) is 17.1. The van der Waals surface area contributed by atoms with Gasteiger partial charge >= 0.3 is 6.03 Å². The van der Waals surface area contributed by atoms with Crippen LogP contribution in [0.25, 0.3) is 0 Å². The summed E-state index contributed by atoms with van der Waals surface area (Å²) in [6, 6.07) is 9.35. The van der Waals surface area contributed by atoms with E-state index in [1.165, 1.54) is 16.9 Å². The maximum atomic E-state index is 10.8. The van der Waals surface area contributed by atoms with Gasteiger partial charge in [0.25, 0.3) is 0 Å². The molecule has 4 nitrogen and oxygen atoms in total. The number of amides is 2. The van der Waals surface area contributed by atoms with E-state index in [2.05, 4.69) is 16.7 Å². The molecular formula is C15H16ClN3OS. The van der Waals surface area contributed by atoms with Crippen molar-refractivity contribution in [2.75, 3.05) is 10.6 Å². The van der Waals surface area contributed by atoms with E-state index in [0.29, 0.717) is 11.7 Å². The summed E-state index contributed by atoms with van der Waals surface area (Å²) in [4.78, 5) is 12.2. The van der Waals surface area contributed by atoms with Crippen molar-refractivity contribution in [2.24, 2.45) is 5.73 Å². The third kappa shape index (κ3) is 3.31. The monoisotopic (exact) mass is 321 g/mol.